The molecule has 0 unspecified atom stereocenters. The van der Waals surface area contributed by atoms with Crippen LogP contribution in [0.15, 0.2) is 67.0 Å². The molecule has 0 bridgehead atoms. The maximum atomic E-state index is 12.4. The Balaban J connectivity index is 1.50. The van der Waals surface area contributed by atoms with Crippen molar-refractivity contribution in [3.63, 3.8) is 0 Å². The van der Waals surface area contributed by atoms with Crippen LogP contribution in [0.1, 0.15) is 24.5 Å². The number of aromatic nitrogens is 2. The molecule has 140 valence electrons. The number of ether oxygens (including phenoxy) is 1. The summed E-state index contributed by atoms with van der Waals surface area (Å²) in [6.45, 7) is 3.21. The molecule has 27 heavy (non-hydrogen) atoms. The van der Waals surface area contributed by atoms with Gasteiger partial charge in [-0.05, 0) is 48.7 Å². The number of hydrogen-bond donors (Lipinski definition) is 0. The molecular weight excluding hydrogens is 338 g/mol. The van der Waals surface area contributed by atoms with Gasteiger partial charge < -0.3 is 9.64 Å². The van der Waals surface area contributed by atoms with Gasteiger partial charge in [0.1, 0.15) is 5.75 Å². The first-order valence-electron chi connectivity index (χ1n) is 9.20. The maximum absolute atomic E-state index is 12.4. The van der Waals surface area contributed by atoms with Gasteiger partial charge in [-0.15, -0.1) is 0 Å². The van der Waals surface area contributed by atoms with Gasteiger partial charge in [0.25, 0.3) is 0 Å². The molecule has 0 aliphatic heterocycles. The minimum absolute atomic E-state index is 0.122. The number of rotatable bonds is 8. The van der Waals surface area contributed by atoms with E-state index in [1.165, 1.54) is 0 Å². The van der Waals surface area contributed by atoms with Crippen LogP contribution >= 0.6 is 0 Å². The van der Waals surface area contributed by atoms with Gasteiger partial charge in [-0.25, -0.2) is 4.68 Å². The Morgan fingerprint density at radius 3 is 2.52 bits per heavy atom. The van der Waals surface area contributed by atoms with Crippen LogP contribution < -0.4 is 4.74 Å². The number of para-hydroxylation sites is 1. The molecule has 1 aromatic heterocycles. The summed E-state index contributed by atoms with van der Waals surface area (Å²) in [5.74, 6) is 0.974. The summed E-state index contributed by atoms with van der Waals surface area (Å²) in [5, 5.41) is 4.38. The molecule has 0 atom stereocenters. The van der Waals surface area contributed by atoms with Crippen LogP contribution in [0.2, 0.25) is 0 Å². The van der Waals surface area contributed by atoms with Crippen molar-refractivity contribution in [3.05, 3.63) is 78.1 Å². The first-order valence-corrected chi connectivity index (χ1v) is 9.20. The second-order valence-corrected chi connectivity index (χ2v) is 6.46. The van der Waals surface area contributed by atoms with Crippen molar-refractivity contribution < 1.29 is 9.53 Å². The smallest absolute Gasteiger partial charge is 0.222 e. The highest BCUT2D eigenvalue weighted by molar-refractivity contribution is 5.76. The Morgan fingerprint density at radius 2 is 1.81 bits per heavy atom. The fourth-order valence-electron chi connectivity index (χ4n) is 2.87. The summed E-state index contributed by atoms with van der Waals surface area (Å²) in [7, 11) is 1.84. The van der Waals surface area contributed by atoms with Crippen LogP contribution in [0.3, 0.4) is 0 Å². The number of nitrogens with zero attached hydrogens (tertiary/aromatic N) is 3. The van der Waals surface area contributed by atoms with Crippen molar-refractivity contribution in [2.75, 3.05) is 13.7 Å². The number of aryl methyl sites for hydroxylation is 1. The first-order chi connectivity index (χ1) is 13.2. The van der Waals surface area contributed by atoms with E-state index in [4.69, 9.17) is 4.74 Å². The second kappa shape index (κ2) is 9.03. The van der Waals surface area contributed by atoms with Gasteiger partial charge in [-0.3, -0.25) is 4.79 Å². The highest BCUT2D eigenvalue weighted by atomic mass is 16.5. The molecule has 0 spiro atoms. The maximum Gasteiger partial charge on any atom is 0.222 e. The van der Waals surface area contributed by atoms with E-state index in [0.29, 0.717) is 26.0 Å². The molecule has 0 aliphatic rings. The number of benzene rings is 2. The SMILES string of the molecule is CCOc1ccc(CN(C)C(=O)CCc2cnn(-c3ccccc3)c2)cc1. The van der Waals surface area contributed by atoms with Crippen molar-refractivity contribution in [3.8, 4) is 11.4 Å². The summed E-state index contributed by atoms with van der Waals surface area (Å²) in [6.07, 6.45) is 4.95. The molecule has 5 nitrogen and oxygen atoms in total. The van der Waals surface area contributed by atoms with Crippen molar-refractivity contribution in [2.45, 2.75) is 26.3 Å². The Labute approximate surface area is 160 Å². The summed E-state index contributed by atoms with van der Waals surface area (Å²) in [6, 6.07) is 17.8. The molecule has 0 fully saturated rings. The molecule has 5 heteroatoms. The van der Waals surface area contributed by atoms with Crippen molar-refractivity contribution >= 4 is 5.91 Å². The minimum atomic E-state index is 0.122. The van der Waals surface area contributed by atoms with Crippen LogP contribution in [0.4, 0.5) is 0 Å². The minimum Gasteiger partial charge on any atom is -0.494 e. The number of carbonyl (C=O) groups is 1. The molecule has 3 aromatic rings. The molecule has 3 rings (SSSR count). The standard InChI is InChI=1S/C22H25N3O2/c1-3-27-21-12-9-18(10-13-21)16-24(2)22(26)14-11-19-15-23-25(17-19)20-7-5-4-6-8-20/h4-10,12-13,15,17H,3,11,14,16H2,1-2H3. The lowest BCUT2D eigenvalue weighted by Gasteiger charge is -2.17. The van der Waals surface area contributed by atoms with Crippen LogP contribution in [0, 0.1) is 0 Å². The van der Waals surface area contributed by atoms with Crippen molar-refractivity contribution in [2.24, 2.45) is 0 Å². The third-order valence-electron chi connectivity index (χ3n) is 4.36. The lowest BCUT2D eigenvalue weighted by atomic mass is 10.1. The normalized spacial score (nSPS) is 10.6. The molecule has 2 aromatic carbocycles. The Kier molecular flexibility index (Phi) is 6.26. The van der Waals surface area contributed by atoms with E-state index in [9.17, 15) is 4.79 Å². The summed E-state index contributed by atoms with van der Waals surface area (Å²) in [4.78, 5) is 14.2. The number of hydrogen-bond acceptors (Lipinski definition) is 3. The molecule has 0 radical (unpaired) electrons. The van der Waals surface area contributed by atoms with Crippen LogP contribution in [0.5, 0.6) is 5.75 Å². The predicted molar refractivity (Wildman–Crippen MR) is 106 cm³/mol. The molecule has 0 N–H and O–H groups in total. The Morgan fingerprint density at radius 1 is 1.07 bits per heavy atom. The zero-order valence-electron chi connectivity index (χ0n) is 15.8. The van der Waals surface area contributed by atoms with Gasteiger partial charge in [0.05, 0.1) is 18.5 Å². The molecule has 1 amide bonds. The van der Waals surface area contributed by atoms with E-state index >= 15 is 0 Å². The third kappa shape index (κ3) is 5.20. The largest absolute Gasteiger partial charge is 0.494 e. The van der Waals surface area contributed by atoms with E-state index in [0.717, 1.165) is 22.6 Å². The summed E-state index contributed by atoms with van der Waals surface area (Å²) < 4.78 is 7.28. The van der Waals surface area contributed by atoms with E-state index < -0.39 is 0 Å². The molecule has 0 saturated heterocycles. The number of amides is 1. The van der Waals surface area contributed by atoms with Gasteiger partial charge in [0.15, 0.2) is 0 Å². The molecule has 0 saturated carbocycles. The summed E-state index contributed by atoms with van der Waals surface area (Å²) in [5.41, 5.74) is 3.16. The average Bonchev–Trinajstić information content (AvgIpc) is 3.17. The lowest BCUT2D eigenvalue weighted by Crippen LogP contribution is -2.26. The number of carbonyl (C=O) groups excluding carboxylic acids is 1. The van der Waals surface area contributed by atoms with Gasteiger partial charge in [-0.1, -0.05) is 30.3 Å². The van der Waals surface area contributed by atoms with E-state index in [1.807, 2.05) is 85.6 Å². The van der Waals surface area contributed by atoms with Gasteiger partial charge >= 0.3 is 0 Å². The van der Waals surface area contributed by atoms with E-state index in [2.05, 4.69) is 5.10 Å². The average molecular weight is 363 g/mol. The topological polar surface area (TPSA) is 47.4 Å². The fraction of sp³-hybridized carbons (Fsp3) is 0.273. The first kappa shape index (κ1) is 18.7. The second-order valence-electron chi connectivity index (χ2n) is 6.46. The lowest BCUT2D eigenvalue weighted by molar-refractivity contribution is -0.130. The van der Waals surface area contributed by atoms with Crippen LogP contribution in [0.25, 0.3) is 5.69 Å². The molecule has 0 aliphatic carbocycles. The quantitative estimate of drug-likeness (QED) is 0.610. The highest BCUT2D eigenvalue weighted by Gasteiger charge is 2.11. The van der Waals surface area contributed by atoms with Crippen LogP contribution in [-0.2, 0) is 17.8 Å². The Hall–Kier alpha value is -3.08. The zero-order valence-corrected chi connectivity index (χ0v) is 15.8. The van der Waals surface area contributed by atoms with Crippen molar-refractivity contribution in [1.29, 1.82) is 0 Å². The van der Waals surface area contributed by atoms with E-state index in [-0.39, 0.29) is 5.91 Å². The van der Waals surface area contributed by atoms with Gasteiger partial charge in [0, 0.05) is 26.2 Å². The molecule has 1 heterocycles. The highest BCUT2D eigenvalue weighted by Crippen LogP contribution is 2.14. The van der Waals surface area contributed by atoms with Gasteiger partial charge in [-0.2, -0.15) is 5.10 Å². The van der Waals surface area contributed by atoms with E-state index in [1.54, 1.807) is 4.90 Å². The Bertz CT molecular complexity index is 857. The summed E-state index contributed by atoms with van der Waals surface area (Å²) >= 11 is 0. The van der Waals surface area contributed by atoms with Crippen LogP contribution in [-0.4, -0.2) is 34.2 Å². The molecular formula is C22H25N3O2. The van der Waals surface area contributed by atoms with Gasteiger partial charge in [0.2, 0.25) is 5.91 Å². The zero-order chi connectivity index (χ0) is 19.1. The predicted octanol–water partition coefficient (Wildman–Crippen LogP) is 3.86. The van der Waals surface area contributed by atoms with Crippen molar-refractivity contribution in [1.82, 2.24) is 14.7 Å². The fourth-order valence-corrected chi connectivity index (χ4v) is 2.87. The monoisotopic (exact) mass is 363 g/mol. The third-order valence-corrected chi connectivity index (χ3v) is 4.36.